The second-order valence-electron chi connectivity index (χ2n) is 7.89. The van der Waals surface area contributed by atoms with Crippen molar-refractivity contribution >= 4 is 0 Å². The molecule has 0 N–H and O–H groups in total. The second-order valence-corrected chi connectivity index (χ2v) is 7.89. The Morgan fingerprint density at radius 2 is 1.64 bits per heavy atom. The normalized spacial score (nSPS) is 26.8. The maximum atomic E-state index is 6.22. The Hall–Kier alpha value is -1.54. The average molecular weight is 341 g/mol. The quantitative estimate of drug-likeness (QED) is 0.667. The van der Waals surface area contributed by atoms with Crippen LogP contribution in [0.4, 0.5) is 0 Å². The van der Waals surface area contributed by atoms with Gasteiger partial charge < -0.3 is 9.47 Å². The van der Waals surface area contributed by atoms with Gasteiger partial charge in [-0.3, -0.25) is 0 Å². The summed E-state index contributed by atoms with van der Waals surface area (Å²) in [5.41, 5.74) is 5.57. The van der Waals surface area contributed by atoms with Crippen LogP contribution in [0, 0.1) is 25.7 Å². The summed E-state index contributed by atoms with van der Waals surface area (Å²) in [6.07, 6.45) is 10.8. The van der Waals surface area contributed by atoms with Crippen molar-refractivity contribution in [3.63, 3.8) is 0 Å². The molecule has 0 aliphatic heterocycles. The lowest BCUT2D eigenvalue weighted by Gasteiger charge is -2.33. The van der Waals surface area contributed by atoms with Crippen LogP contribution in [0.1, 0.15) is 55.7 Å². The maximum absolute atomic E-state index is 6.22. The standard InChI is InChI=1S/C23H32O2/c1-16-11-17(2)13-19(12-16)15-25-21-7-5-20(6-8-21)23-10-9-22(24-4)14-18(23)3/h9-13,18,20-21H,5-8,14-15H2,1-4H3. The van der Waals surface area contributed by atoms with E-state index in [1.807, 2.05) is 0 Å². The van der Waals surface area contributed by atoms with Crippen LogP contribution in [0.15, 0.2) is 41.7 Å². The number of aryl methyl sites for hydroxylation is 2. The Morgan fingerprint density at radius 1 is 0.960 bits per heavy atom. The van der Waals surface area contributed by atoms with Gasteiger partial charge in [-0.05, 0) is 63.0 Å². The lowest BCUT2D eigenvalue weighted by molar-refractivity contribution is 0.00938. The Kier molecular flexibility index (Phi) is 6.01. The summed E-state index contributed by atoms with van der Waals surface area (Å²) in [5.74, 6) is 2.45. The van der Waals surface area contributed by atoms with E-state index in [-0.39, 0.29) is 0 Å². The Morgan fingerprint density at radius 3 is 2.24 bits per heavy atom. The molecule has 136 valence electrons. The summed E-state index contributed by atoms with van der Waals surface area (Å²) in [5, 5.41) is 0. The molecule has 0 amide bonds. The van der Waals surface area contributed by atoms with Gasteiger partial charge in [0.15, 0.2) is 0 Å². The van der Waals surface area contributed by atoms with E-state index in [1.54, 1.807) is 12.7 Å². The van der Waals surface area contributed by atoms with E-state index in [2.05, 4.69) is 51.1 Å². The molecular weight excluding hydrogens is 308 g/mol. The van der Waals surface area contributed by atoms with Gasteiger partial charge >= 0.3 is 0 Å². The van der Waals surface area contributed by atoms with Crippen molar-refractivity contribution in [3.8, 4) is 0 Å². The average Bonchev–Trinajstić information content (AvgIpc) is 2.59. The first-order valence-corrected chi connectivity index (χ1v) is 9.68. The fraction of sp³-hybridized carbons (Fsp3) is 0.565. The minimum Gasteiger partial charge on any atom is -0.501 e. The van der Waals surface area contributed by atoms with Crippen LogP contribution in [0.5, 0.6) is 0 Å². The number of hydrogen-bond acceptors (Lipinski definition) is 2. The largest absolute Gasteiger partial charge is 0.501 e. The van der Waals surface area contributed by atoms with E-state index in [1.165, 1.54) is 42.4 Å². The molecule has 1 saturated carbocycles. The lowest BCUT2D eigenvalue weighted by Crippen LogP contribution is -2.25. The molecule has 3 rings (SSSR count). The first-order chi connectivity index (χ1) is 12.0. The van der Waals surface area contributed by atoms with Crippen LogP contribution < -0.4 is 0 Å². The summed E-state index contributed by atoms with van der Waals surface area (Å²) in [7, 11) is 1.77. The van der Waals surface area contributed by atoms with Crippen molar-refractivity contribution in [1.82, 2.24) is 0 Å². The molecule has 2 heteroatoms. The molecular formula is C23H32O2. The predicted molar refractivity (Wildman–Crippen MR) is 103 cm³/mol. The van der Waals surface area contributed by atoms with Crippen LogP contribution in [0.3, 0.4) is 0 Å². The van der Waals surface area contributed by atoms with E-state index in [0.29, 0.717) is 12.0 Å². The van der Waals surface area contributed by atoms with Gasteiger partial charge in [0.2, 0.25) is 0 Å². The highest BCUT2D eigenvalue weighted by Gasteiger charge is 2.28. The highest BCUT2D eigenvalue weighted by Crippen LogP contribution is 2.38. The van der Waals surface area contributed by atoms with E-state index in [9.17, 15) is 0 Å². The van der Waals surface area contributed by atoms with Gasteiger partial charge in [-0.15, -0.1) is 0 Å². The molecule has 2 nitrogen and oxygen atoms in total. The van der Waals surface area contributed by atoms with Crippen LogP contribution in [-0.4, -0.2) is 13.2 Å². The molecule has 0 bridgehead atoms. The zero-order valence-electron chi connectivity index (χ0n) is 16.2. The van der Waals surface area contributed by atoms with E-state index >= 15 is 0 Å². The van der Waals surface area contributed by atoms with Crippen LogP contribution in [0.25, 0.3) is 0 Å². The Bertz CT molecular complexity index is 628. The van der Waals surface area contributed by atoms with Crippen molar-refractivity contribution in [2.75, 3.05) is 7.11 Å². The zero-order valence-corrected chi connectivity index (χ0v) is 16.2. The van der Waals surface area contributed by atoms with E-state index in [4.69, 9.17) is 9.47 Å². The van der Waals surface area contributed by atoms with Gasteiger partial charge in [0, 0.05) is 6.42 Å². The third-order valence-electron chi connectivity index (χ3n) is 5.71. The summed E-state index contributed by atoms with van der Waals surface area (Å²) < 4.78 is 11.6. The molecule has 0 spiro atoms. The SMILES string of the molecule is COC1=CC=C(C2CCC(OCc3cc(C)cc(C)c3)CC2)C(C)C1. The number of rotatable bonds is 5. The lowest BCUT2D eigenvalue weighted by atomic mass is 9.75. The highest BCUT2D eigenvalue weighted by atomic mass is 16.5. The van der Waals surface area contributed by atoms with Crippen LogP contribution in [-0.2, 0) is 16.1 Å². The minimum atomic E-state index is 0.418. The van der Waals surface area contributed by atoms with Crippen molar-refractivity contribution < 1.29 is 9.47 Å². The summed E-state index contributed by atoms with van der Waals surface area (Å²) in [6.45, 7) is 7.39. The van der Waals surface area contributed by atoms with Crippen molar-refractivity contribution in [2.45, 2.75) is 65.6 Å². The second kappa shape index (κ2) is 8.23. The third kappa shape index (κ3) is 4.76. The summed E-state index contributed by atoms with van der Waals surface area (Å²) >= 11 is 0. The first-order valence-electron chi connectivity index (χ1n) is 9.68. The maximum Gasteiger partial charge on any atom is 0.0961 e. The number of hydrogen-bond donors (Lipinski definition) is 0. The molecule has 1 aromatic carbocycles. The van der Waals surface area contributed by atoms with Gasteiger partial charge in [-0.25, -0.2) is 0 Å². The molecule has 1 unspecified atom stereocenters. The van der Waals surface area contributed by atoms with E-state index < -0.39 is 0 Å². The molecule has 1 atom stereocenters. The monoisotopic (exact) mass is 340 g/mol. The summed E-state index contributed by atoms with van der Waals surface area (Å²) in [4.78, 5) is 0. The van der Waals surface area contributed by atoms with Crippen molar-refractivity contribution in [3.05, 3.63) is 58.4 Å². The number of benzene rings is 1. The van der Waals surface area contributed by atoms with Gasteiger partial charge in [-0.2, -0.15) is 0 Å². The zero-order chi connectivity index (χ0) is 17.8. The number of allylic oxidation sites excluding steroid dienone is 4. The number of methoxy groups -OCH3 is 1. The topological polar surface area (TPSA) is 18.5 Å². The van der Waals surface area contributed by atoms with Gasteiger partial charge in [0.05, 0.1) is 25.6 Å². The fourth-order valence-electron chi connectivity index (χ4n) is 4.46. The molecule has 2 aliphatic carbocycles. The molecule has 1 fully saturated rings. The number of ether oxygens (including phenoxy) is 2. The van der Waals surface area contributed by atoms with Crippen LogP contribution >= 0.6 is 0 Å². The van der Waals surface area contributed by atoms with Crippen molar-refractivity contribution in [1.29, 1.82) is 0 Å². The predicted octanol–water partition coefficient (Wildman–Crippen LogP) is 5.88. The molecule has 0 heterocycles. The summed E-state index contributed by atoms with van der Waals surface area (Å²) in [6, 6.07) is 6.71. The van der Waals surface area contributed by atoms with Crippen molar-refractivity contribution in [2.24, 2.45) is 11.8 Å². The molecule has 0 radical (unpaired) electrons. The molecule has 0 aromatic heterocycles. The smallest absolute Gasteiger partial charge is 0.0961 e. The van der Waals surface area contributed by atoms with Gasteiger partial charge in [-0.1, -0.05) is 47.9 Å². The third-order valence-corrected chi connectivity index (χ3v) is 5.71. The minimum absolute atomic E-state index is 0.418. The molecule has 0 saturated heterocycles. The molecule has 1 aromatic rings. The Balaban J connectivity index is 1.50. The van der Waals surface area contributed by atoms with E-state index in [0.717, 1.165) is 24.7 Å². The molecule has 2 aliphatic rings. The van der Waals surface area contributed by atoms with Gasteiger partial charge in [0.25, 0.3) is 0 Å². The van der Waals surface area contributed by atoms with Crippen LogP contribution in [0.2, 0.25) is 0 Å². The first kappa shape index (κ1) is 18.3. The Labute approximate surface area is 152 Å². The fourth-order valence-corrected chi connectivity index (χ4v) is 4.46. The molecule has 25 heavy (non-hydrogen) atoms. The van der Waals surface area contributed by atoms with Gasteiger partial charge in [0.1, 0.15) is 0 Å². The highest BCUT2D eigenvalue weighted by molar-refractivity contribution is 5.28.